The third kappa shape index (κ3) is 25.6. The van der Waals surface area contributed by atoms with Crippen molar-refractivity contribution in [3.8, 4) is 0 Å². The fourth-order valence-corrected chi connectivity index (χ4v) is 0. The molecule has 5 heteroatoms. The number of hydrogen-bond acceptors (Lipinski definition) is 0. The Bertz CT molecular complexity index is 11.6. The molecule has 0 spiro atoms. The van der Waals surface area contributed by atoms with Crippen LogP contribution in [0.25, 0.3) is 0 Å². The van der Waals surface area contributed by atoms with Gasteiger partial charge in [-0.3, -0.25) is 0 Å². The van der Waals surface area contributed by atoms with Gasteiger partial charge in [0, 0.05) is 50.9 Å². The van der Waals surface area contributed by atoms with Gasteiger partial charge in [0.1, 0.15) is 0 Å². The summed E-state index contributed by atoms with van der Waals surface area (Å²) in [6, 6.07) is 0. The van der Waals surface area contributed by atoms with Crippen LogP contribution in [0.4, 0.5) is 0 Å². The minimum Gasteiger partial charge on any atom is -0.0149 e. The normalized spacial score (nSPS) is 0. The molecule has 0 nitrogen and oxygen atoms in total. The average molecular weight is 224 g/mol. The SMILES string of the molecule is B.[Co].[Cu].[Fe].[SiH4]. The van der Waals surface area contributed by atoms with Gasteiger partial charge in [-0.05, 0) is 11.0 Å². The van der Waals surface area contributed by atoms with E-state index in [0.29, 0.717) is 0 Å². The van der Waals surface area contributed by atoms with E-state index in [1.54, 1.807) is 0 Å². The summed E-state index contributed by atoms with van der Waals surface area (Å²) < 4.78 is 0. The van der Waals surface area contributed by atoms with Crippen molar-refractivity contribution in [2.75, 3.05) is 0 Å². The Morgan fingerprint density at radius 1 is 1.00 bits per heavy atom. The molecule has 0 unspecified atom stereocenters. The second kappa shape index (κ2) is 40.7. The Labute approximate surface area is 70.0 Å². The first-order valence-electron chi connectivity index (χ1n) is 0. The van der Waals surface area contributed by atoms with Gasteiger partial charge in [0.25, 0.3) is 0 Å². The molecule has 0 amide bonds. The van der Waals surface area contributed by atoms with Crippen LogP contribution in [-0.2, 0) is 50.9 Å². The summed E-state index contributed by atoms with van der Waals surface area (Å²) in [5.41, 5.74) is 0. The van der Waals surface area contributed by atoms with Crippen LogP contribution in [0.2, 0.25) is 0 Å². The molecule has 0 rings (SSSR count). The van der Waals surface area contributed by atoms with Gasteiger partial charge in [-0.1, -0.05) is 0 Å². The molecule has 0 aliphatic carbocycles. The summed E-state index contributed by atoms with van der Waals surface area (Å²) in [4.78, 5) is 0. The predicted molar refractivity (Wildman–Crippen MR) is 21.3 cm³/mol. The topological polar surface area (TPSA) is 0 Å². The third-order valence-corrected chi connectivity index (χ3v) is 0. The summed E-state index contributed by atoms with van der Waals surface area (Å²) >= 11 is 0. The molecule has 0 aliphatic heterocycles. The zero-order valence-corrected chi connectivity index (χ0v) is 4.08. The maximum atomic E-state index is 0. The van der Waals surface area contributed by atoms with E-state index in [0.717, 1.165) is 0 Å². The van der Waals surface area contributed by atoms with Crippen molar-refractivity contribution in [2.24, 2.45) is 0 Å². The molecule has 0 aliphatic rings. The van der Waals surface area contributed by atoms with Crippen LogP contribution < -0.4 is 0 Å². The van der Waals surface area contributed by atoms with Crippen LogP contribution in [0.5, 0.6) is 0 Å². The van der Waals surface area contributed by atoms with Crippen LogP contribution in [-0.4, -0.2) is 19.4 Å². The molecule has 0 bridgehead atoms. The van der Waals surface area contributed by atoms with E-state index in [-0.39, 0.29) is 70.3 Å². The Balaban J connectivity index is 0. The van der Waals surface area contributed by atoms with E-state index in [2.05, 4.69) is 0 Å². The Morgan fingerprint density at radius 3 is 1.00 bits per heavy atom. The predicted octanol–water partition coefficient (Wildman–Crippen LogP) is -2.64. The molecule has 0 N–H and O–H groups in total. The Kier molecular flexibility index (Phi) is 565. The summed E-state index contributed by atoms with van der Waals surface area (Å²) in [5.74, 6) is 0. The molecule has 0 saturated carbocycles. The van der Waals surface area contributed by atoms with Crippen molar-refractivity contribution in [1.29, 1.82) is 0 Å². The van der Waals surface area contributed by atoms with E-state index < -0.39 is 0 Å². The van der Waals surface area contributed by atoms with Gasteiger partial charge < -0.3 is 0 Å². The third-order valence-electron chi connectivity index (χ3n) is 0. The smallest absolute Gasteiger partial charge is 0.0149 e. The van der Waals surface area contributed by atoms with E-state index in [4.69, 9.17) is 0 Å². The molecule has 42 valence electrons. The second-order valence-corrected chi connectivity index (χ2v) is 0. The number of hydrogen-bond donors (Lipinski definition) is 0. The summed E-state index contributed by atoms with van der Waals surface area (Å²) in [6.07, 6.45) is 0. The maximum absolute atomic E-state index is 0. The van der Waals surface area contributed by atoms with Gasteiger partial charge in [0.2, 0.25) is 0 Å². The maximum Gasteiger partial charge on any atom is 0.0814 e. The average Bonchev–Trinajstić information content (AvgIpc) is 0. The zero-order chi connectivity index (χ0) is 0. The van der Waals surface area contributed by atoms with Crippen molar-refractivity contribution in [1.82, 2.24) is 0 Å². The molecule has 0 fully saturated rings. The van der Waals surface area contributed by atoms with Gasteiger partial charge in [-0.25, -0.2) is 0 Å². The second-order valence-electron chi connectivity index (χ2n) is 0. The van der Waals surface area contributed by atoms with E-state index in [9.17, 15) is 0 Å². The molecule has 0 heterocycles. The van der Waals surface area contributed by atoms with E-state index in [1.807, 2.05) is 0 Å². The summed E-state index contributed by atoms with van der Waals surface area (Å²) in [7, 11) is 0. The number of rotatable bonds is 0. The van der Waals surface area contributed by atoms with E-state index >= 15 is 0 Å². The molecular weight excluding hydrogens is 217 g/mol. The van der Waals surface area contributed by atoms with Crippen molar-refractivity contribution in [3.63, 3.8) is 0 Å². The minimum absolute atomic E-state index is 0. The van der Waals surface area contributed by atoms with Crippen molar-refractivity contribution >= 4 is 19.4 Å². The molecule has 0 atom stereocenters. The van der Waals surface area contributed by atoms with Gasteiger partial charge in [0.15, 0.2) is 0 Å². The van der Waals surface area contributed by atoms with Gasteiger partial charge >= 0.3 is 0 Å². The van der Waals surface area contributed by atoms with Crippen LogP contribution in [0.1, 0.15) is 0 Å². The van der Waals surface area contributed by atoms with Gasteiger partial charge in [0.05, 0.1) is 8.41 Å². The standard InChI is InChI=1S/BH3.Co.Cu.Fe.H4Si/h1H3;;;;1H4. The van der Waals surface area contributed by atoms with Crippen molar-refractivity contribution in [3.05, 3.63) is 0 Å². The molecule has 0 saturated heterocycles. The first-order chi connectivity index (χ1) is 0. The first-order valence-corrected chi connectivity index (χ1v) is 0. The van der Waals surface area contributed by atoms with E-state index in [1.165, 1.54) is 0 Å². The fourth-order valence-electron chi connectivity index (χ4n) is 0. The molecular formula is H7BCoCuFeSi. The van der Waals surface area contributed by atoms with Crippen LogP contribution in [0, 0.1) is 0 Å². The molecule has 2 radical (unpaired) electrons. The quantitative estimate of drug-likeness (QED) is 0.395. The largest absolute Gasteiger partial charge is 0.0814 e. The molecule has 0 aromatic rings. The van der Waals surface area contributed by atoms with Crippen LogP contribution in [0.15, 0.2) is 0 Å². The van der Waals surface area contributed by atoms with Gasteiger partial charge in [-0.15, -0.1) is 0 Å². The van der Waals surface area contributed by atoms with Crippen molar-refractivity contribution in [2.45, 2.75) is 0 Å². The Hall–Kier alpha value is 1.83. The van der Waals surface area contributed by atoms with Crippen LogP contribution >= 0.6 is 0 Å². The minimum atomic E-state index is 0. The fraction of sp³-hybridized carbons (Fsp3) is 0. The van der Waals surface area contributed by atoms with Crippen LogP contribution in [0.3, 0.4) is 0 Å². The molecule has 0 aromatic heterocycles. The van der Waals surface area contributed by atoms with Gasteiger partial charge in [-0.2, -0.15) is 0 Å². The first kappa shape index (κ1) is 69.4. The summed E-state index contributed by atoms with van der Waals surface area (Å²) in [6.45, 7) is 0. The molecule has 0 aromatic carbocycles. The molecule has 5 heavy (non-hydrogen) atoms. The monoisotopic (exact) mass is 224 g/mol. The van der Waals surface area contributed by atoms with Crippen molar-refractivity contribution < 1.29 is 50.9 Å². The Morgan fingerprint density at radius 2 is 1.00 bits per heavy atom. The zero-order valence-electron chi connectivity index (χ0n) is 0.988. The summed E-state index contributed by atoms with van der Waals surface area (Å²) in [5, 5.41) is 0.